The molecule has 3 aromatic rings. The molecule has 0 saturated carbocycles. The number of benzene rings is 1. The summed E-state index contributed by atoms with van der Waals surface area (Å²) in [6.07, 6.45) is 1.74. The average Bonchev–Trinajstić information content (AvgIpc) is 3.06. The number of morpholine rings is 1. The van der Waals surface area contributed by atoms with Gasteiger partial charge in [-0.3, -0.25) is 9.78 Å². The highest BCUT2D eigenvalue weighted by Crippen LogP contribution is 2.30. The molecule has 1 N–H and O–H groups in total. The van der Waals surface area contributed by atoms with Crippen LogP contribution < -0.4 is 10.5 Å². The SMILES string of the molecule is Cc1cc(Cl)cc(C(C)C)c1-n1cc2c(=O)[nH]c(N3CCOCC3)nc2n1. The molecule has 0 amide bonds. The standard InChI is InChI=1S/C19H22ClN5O2/c1-11(2)14-9-13(20)8-12(3)16(14)25-10-15-17(23-25)21-19(22-18(15)26)24-4-6-27-7-5-24/h8-11H,4-7H2,1-3H3,(H,21,22,23,26). The van der Waals surface area contributed by atoms with Crippen LogP contribution >= 0.6 is 11.6 Å². The molecule has 8 heteroatoms. The fraction of sp³-hybridized carbons (Fsp3) is 0.421. The number of hydrogen-bond acceptors (Lipinski definition) is 5. The summed E-state index contributed by atoms with van der Waals surface area (Å²) in [4.78, 5) is 22.1. The summed E-state index contributed by atoms with van der Waals surface area (Å²) in [5.41, 5.74) is 3.27. The van der Waals surface area contributed by atoms with E-state index in [0.717, 1.165) is 16.8 Å². The maximum atomic E-state index is 12.6. The Bertz CT molecular complexity index is 1050. The molecule has 1 aromatic carbocycles. The Balaban J connectivity index is 1.85. The molecule has 1 fully saturated rings. The molecular weight excluding hydrogens is 366 g/mol. The lowest BCUT2D eigenvalue weighted by molar-refractivity contribution is 0.122. The maximum Gasteiger partial charge on any atom is 0.263 e. The van der Waals surface area contributed by atoms with Gasteiger partial charge in [0.1, 0.15) is 5.39 Å². The molecule has 0 bridgehead atoms. The number of aromatic nitrogens is 4. The van der Waals surface area contributed by atoms with Gasteiger partial charge < -0.3 is 9.64 Å². The van der Waals surface area contributed by atoms with Gasteiger partial charge in [-0.1, -0.05) is 25.4 Å². The highest BCUT2D eigenvalue weighted by Gasteiger charge is 2.19. The first-order valence-electron chi connectivity index (χ1n) is 9.07. The molecule has 142 valence electrons. The van der Waals surface area contributed by atoms with Crippen molar-refractivity contribution in [2.75, 3.05) is 31.2 Å². The second kappa shape index (κ2) is 6.98. The number of nitrogens with one attached hydrogen (secondary N) is 1. The first kappa shape index (κ1) is 18.0. The van der Waals surface area contributed by atoms with Crippen molar-refractivity contribution in [1.29, 1.82) is 0 Å². The first-order chi connectivity index (χ1) is 12.9. The fourth-order valence-corrected chi connectivity index (χ4v) is 3.74. The van der Waals surface area contributed by atoms with Gasteiger partial charge in [0.05, 0.1) is 18.9 Å². The summed E-state index contributed by atoms with van der Waals surface area (Å²) in [5, 5.41) is 5.78. The number of aromatic amines is 1. The molecule has 0 atom stereocenters. The lowest BCUT2D eigenvalue weighted by Crippen LogP contribution is -2.38. The monoisotopic (exact) mass is 387 g/mol. The topological polar surface area (TPSA) is 76.0 Å². The van der Waals surface area contributed by atoms with Gasteiger partial charge in [-0.25, -0.2) is 4.68 Å². The molecule has 27 heavy (non-hydrogen) atoms. The van der Waals surface area contributed by atoms with Crippen LogP contribution in [0.1, 0.15) is 30.9 Å². The molecule has 4 rings (SSSR count). The molecule has 1 saturated heterocycles. The summed E-state index contributed by atoms with van der Waals surface area (Å²) in [5.74, 6) is 0.804. The van der Waals surface area contributed by atoms with Gasteiger partial charge in [0, 0.05) is 24.3 Å². The number of ether oxygens (including phenoxy) is 1. The second-order valence-corrected chi connectivity index (χ2v) is 7.55. The van der Waals surface area contributed by atoms with Crippen LogP contribution in [0, 0.1) is 6.92 Å². The third-order valence-corrected chi connectivity index (χ3v) is 5.05. The van der Waals surface area contributed by atoms with Crippen molar-refractivity contribution in [3.63, 3.8) is 0 Å². The number of halogens is 1. The Labute approximate surface area is 161 Å². The van der Waals surface area contributed by atoms with Crippen LogP contribution in [0.5, 0.6) is 0 Å². The molecule has 0 spiro atoms. The van der Waals surface area contributed by atoms with Crippen LogP contribution in [0.15, 0.2) is 23.1 Å². The summed E-state index contributed by atoms with van der Waals surface area (Å²) in [6.45, 7) is 8.86. The number of anilines is 1. The average molecular weight is 388 g/mol. The van der Waals surface area contributed by atoms with Gasteiger partial charge in [-0.05, 0) is 36.1 Å². The van der Waals surface area contributed by atoms with Crippen molar-refractivity contribution in [3.05, 3.63) is 44.8 Å². The number of nitrogens with zero attached hydrogens (tertiary/aromatic N) is 4. The Morgan fingerprint density at radius 1 is 1.26 bits per heavy atom. The predicted molar refractivity (Wildman–Crippen MR) is 106 cm³/mol. The van der Waals surface area contributed by atoms with Crippen molar-refractivity contribution in [2.45, 2.75) is 26.7 Å². The summed E-state index contributed by atoms with van der Waals surface area (Å²) in [7, 11) is 0. The third-order valence-electron chi connectivity index (χ3n) is 4.83. The zero-order chi connectivity index (χ0) is 19.1. The third kappa shape index (κ3) is 3.33. The molecule has 1 aliphatic heterocycles. The van der Waals surface area contributed by atoms with E-state index >= 15 is 0 Å². The normalized spacial score (nSPS) is 15.1. The van der Waals surface area contributed by atoms with Crippen LogP contribution in [0.4, 0.5) is 5.95 Å². The lowest BCUT2D eigenvalue weighted by Gasteiger charge is -2.26. The second-order valence-electron chi connectivity index (χ2n) is 7.12. The van der Waals surface area contributed by atoms with Crippen molar-refractivity contribution in [1.82, 2.24) is 19.7 Å². The smallest absolute Gasteiger partial charge is 0.263 e. The lowest BCUT2D eigenvalue weighted by atomic mass is 9.98. The highest BCUT2D eigenvalue weighted by atomic mass is 35.5. The van der Waals surface area contributed by atoms with Crippen LogP contribution in [0.3, 0.4) is 0 Å². The Morgan fingerprint density at radius 2 is 2.00 bits per heavy atom. The molecule has 7 nitrogen and oxygen atoms in total. The quantitative estimate of drug-likeness (QED) is 0.747. The molecule has 1 aliphatic rings. The minimum absolute atomic E-state index is 0.189. The predicted octanol–water partition coefficient (Wildman–Crippen LogP) is 3.03. The van der Waals surface area contributed by atoms with Gasteiger partial charge in [0.15, 0.2) is 5.65 Å². The zero-order valence-electron chi connectivity index (χ0n) is 15.6. The van der Waals surface area contributed by atoms with Crippen molar-refractivity contribution in [3.8, 4) is 5.69 Å². The molecule has 0 radical (unpaired) electrons. The van der Waals surface area contributed by atoms with E-state index in [1.165, 1.54) is 0 Å². The van der Waals surface area contributed by atoms with E-state index in [2.05, 4.69) is 28.9 Å². The Kier molecular flexibility index (Phi) is 4.65. The number of H-pyrrole nitrogens is 1. The van der Waals surface area contributed by atoms with E-state index in [9.17, 15) is 4.79 Å². The molecule has 2 aromatic heterocycles. The molecule has 0 unspecified atom stereocenters. The van der Waals surface area contributed by atoms with Crippen LogP contribution in [0.2, 0.25) is 5.02 Å². The van der Waals surface area contributed by atoms with E-state index in [4.69, 9.17) is 16.3 Å². The summed E-state index contributed by atoms with van der Waals surface area (Å²) < 4.78 is 7.11. The van der Waals surface area contributed by atoms with Crippen molar-refractivity contribution >= 4 is 28.6 Å². The largest absolute Gasteiger partial charge is 0.378 e. The molecule has 3 heterocycles. The number of hydrogen-bond donors (Lipinski definition) is 1. The minimum Gasteiger partial charge on any atom is -0.378 e. The van der Waals surface area contributed by atoms with Gasteiger partial charge in [0.2, 0.25) is 5.95 Å². The van der Waals surface area contributed by atoms with Gasteiger partial charge in [-0.2, -0.15) is 4.98 Å². The summed E-state index contributed by atoms with van der Waals surface area (Å²) >= 11 is 6.25. The van der Waals surface area contributed by atoms with E-state index in [-0.39, 0.29) is 11.5 Å². The summed E-state index contributed by atoms with van der Waals surface area (Å²) in [6, 6.07) is 3.86. The molecular formula is C19H22ClN5O2. The van der Waals surface area contributed by atoms with Crippen LogP contribution in [0.25, 0.3) is 16.7 Å². The minimum atomic E-state index is -0.189. The number of rotatable bonds is 3. The van der Waals surface area contributed by atoms with E-state index in [0.29, 0.717) is 48.3 Å². The van der Waals surface area contributed by atoms with Gasteiger partial charge in [0.25, 0.3) is 5.56 Å². The number of fused-ring (bicyclic) bond motifs is 1. The van der Waals surface area contributed by atoms with E-state index in [1.807, 2.05) is 24.0 Å². The number of aryl methyl sites for hydroxylation is 1. The first-order valence-corrected chi connectivity index (χ1v) is 9.44. The Morgan fingerprint density at radius 3 is 2.70 bits per heavy atom. The molecule has 0 aliphatic carbocycles. The van der Waals surface area contributed by atoms with E-state index in [1.54, 1.807) is 10.9 Å². The van der Waals surface area contributed by atoms with Gasteiger partial charge >= 0.3 is 0 Å². The zero-order valence-corrected chi connectivity index (χ0v) is 16.4. The van der Waals surface area contributed by atoms with Crippen LogP contribution in [-0.2, 0) is 4.74 Å². The Hall–Kier alpha value is -2.38. The maximum absolute atomic E-state index is 12.6. The highest BCUT2D eigenvalue weighted by molar-refractivity contribution is 6.30. The van der Waals surface area contributed by atoms with Crippen molar-refractivity contribution < 1.29 is 4.74 Å². The van der Waals surface area contributed by atoms with E-state index < -0.39 is 0 Å². The van der Waals surface area contributed by atoms with Gasteiger partial charge in [-0.15, -0.1) is 5.10 Å². The fourth-order valence-electron chi connectivity index (χ4n) is 3.46. The van der Waals surface area contributed by atoms with Crippen LogP contribution in [-0.4, -0.2) is 46.1 Å². The van der Waals surface area contributed by atoms with Crippen molar-refractivity contribution in [2.24, 2.45) is 0 Å².